The van der Waals surface area contributed by atoms with Gasteiger partial charge in [0.15, 0.2) is 11.4 Å². The van der Waals surface area contributed by atoms with Crippen LogP contribution in [0.3, 0.4) is 0 Å². The van der Waals surface area contributed by atoms with Gasteiger partial charge in [-0.2, -0.15) is 0 Å². The van der Waals surface area contributed by atoms with Crippen molar-refractivity contribution in [1.29, 1.82) is 0 Å². The average molecular weight is 438 g/mol. The number of methoxy groups -OCH3 is 1. The molecule has 1 fully saturated rings. The van der Waals surface area contributed by atoms with Gasteiger partial charge in [0, 0.05) is 12.1 Å². The van der Waals surface area contributed by atoms with E-state index in [-0.39, 0.29) is 6.61 Å². The van der Waals surface area contributed by atoms with E-state index in [0.29, 0.717) is 41.5 Å². The molecule has 1 amide bonds. The van der Waals surface area contributed by atoms with E-state index in [1.807, 2.05) is 0 Å². The zero-order valence-electron chi connectivity index (χ0n) is 17.3. The topological polar surface area (TPSA) is 120 Å². The number of halogens is 1. The maximum atomic E-state index is 12.7. The van der Waals surface area contributed by atoms with Crippen LogP contribution in [0, 0.1) is 0 Å². The Morgan fingerprint density at radius 1 is 1.33 bits per heavy atom. The van der Waals surface area contributed by atoms with Crippen molar-refractivity contribution in [2.24, 2.45) is 0 Å². The van der Waals surface area contributed by atoms with E-state index in [2.05, 4.69) is 20.6 Å². The minimum atomic E-state index is -1.30. The maximum absolute atomic E-state index is 12.7. The van der Waals surface area contributed by atoms with Crippen LogP contribution in [0.4, 0.5) is 4.79 Å². The number of aromatic amines is 1. The Morgan fingerprint density at radius 2 is 2.10 bits per heavy atom. The summed E-state index contributed by atoms with van der Waals surface area (Å²) < 4.78 is 16.4. The molecule has 0 aliphatic carbocycles. The van der Waals surface area contributed by atoms with Crippen molar-refractivity contribution in [3.05, 3.63) is 23.2 Å². The van der Waals surface area contributed by atoms with Crippen LogP contribution in [0.2, 0.25) is 5.02 Å². The lowest BCUT2D eigenvalue weighted by Gasteiger charge is -2.36. The van der Waals surface area contributed by atoms with Gasteiger partial charge in [-0.25, -0.2) is 14.7 Å². The van der Waals surface area contributed by atoms with Crippen LogP contribution < -0.4 is 4.74 Å². The number of carbonyl (C=O) groups excluding carboxylic acids is 2. The lowest BCUT2D eigenvalue weighted by atomic mass is 9.97. The van der Waals surface area contributed by atoms with E-state index < -0.39 is 23.2 Å². The predicted molar refractivity (Wildman–Crippen MR) is 107 cm³/mol. The highest BCUT2D eigenvalue weighted by Gasteiger charge is 2.53. The molecule has 11 heteroatoms. The van der Waals surface area contributed by atoms with Crippen molar-refractivity contribution >= 4 is 23.7 Å². The van der Waals surface area contributed by atoms with Crippen molar-refractivity contribution in [1.82, 2.24) is 25.5 Å². The number of hydrogen-bond donors (Lipinski definition) is 1. The van der Waals surface area contributed by atoms with Gasteiger partial charge in [-0.05, 0) is 62.2 Å². The highest BCUT2D eigenvalue weighted by atomic mass is 35.5. The smallest absolute Gasteiger partial charge is 0.411 e. The van der Waals surface area contributed by atoms with Crippen molar-refractivity contribution in [3.63, 3.8) is 0 Å². The number of likely N-dealkylation sites (tertiary alicyclic amines) is 1. The average Bonchev–Trinajstić information content (AvgIpc) is 3.35. The number of hydrogen-bond acceptors (Lipinski definition) is 8. The minimum Gasteiger partial charge on any atom is -0.489 e. The number of tetrazole rings is 1. The Balaban J connectivity index is 1.82. The van der Waals surface area contributed by atoms with Gasteiger partial charge < -0.3 is 14.2 Å². The van der Waals surface area contributed by atoms with E-state index in [4.69, 9.17) is 25.8 Å². The molecule has 2 heterocycles. The Bertz CT molecular complexity index is 915. The second-order valence-corrected chi connectivity index (χ2v) is 8.35. The number of aromatic nitrogens is 4. The van der Waals surface area contributed by atoms with Crippen LogP contribution in [-0.4, -0.2) is 69.0 Å². The van der Waals surface area contributed by atoms with E-state index >= 15 is 0 Å². The number of rotatable bonds is 5. The standard InChI is InChI=1S/C19H24ClN5O5/c1-18(2,3)30-17(27)25-9-5-8-19(25,16(26)28-4)11-29-14-7-6-12(10-13(14)20)15-21-23-24-22-15/h6-7,10H,5,8-9,11H2,1-4H3,(H,21,22,23,24). The number of ether oxygens (including phenoxy) is 3. The summed E-state index contributed by atoms with van der Waals surface area (Å²) in [6, 6.07) is 5.02. The van der Waals surface area contributed by atoms with E-state index in [9.17, 15) is 9.59 Å². The molecule has 0 spiro atoms. The van der Waals surface area contributed by atoms with Gasteiger partial charge >= 0.3 is 12.1 Å². The number of carbonyl (C=O) groups is 2. The summed E-state index contributed by atoms with van der Waals surface area (Å²) >= 11 is 6.35. The van der Waals surface area contributed by atoms with Crippen molar-refractivity contribution in [2.75, 3.05) is 20.3 Å². The van der Waals surface area contributed by atoms with Crippen molar-refractivity contribution in [3.8, 4) is 17.1 Å². The molecule has 1 aliphatic rings. The molecule has 1 unspecified atom stereocenters. The van der Waals surface area contributed by atoms with Crippen LogP contribution in [0.5, 0.6) is 5.75 Å². The zero-order valence-corrected chi connectivity index (χ0v) is 18.0. The van der Waals surface area contributed by atoms with Crippen molar-refractivity contribution in [2.45, 2.75) is 44.8 Å². The maximum Gasteiger partial charge on any atom is 0.411 e. The third-order valence-corrected chi connectivity index (χ3v) is 4.98. The van der Waals surface area contributed by atoms with Crippen LogP contribution in [0.1, 0.15) is 33.6 Å². The molecule has 10 nitrogen and oxygen atoms in total. The second-order valence-electron chi connectivity index (χ2n) is 7.94. The molecule has 1 aliphatic heterocycles. The number of esters is 1. The number of benzene rings is 1. The molecule has 1 atom stereocenters. The minimum absolute atomic E-state index is 0.123. The number of nitrogens with one attached hydrogen (secondary N) is 1. The summed E-state index contributed by atoms with van der Waals surface area (Å²) in [6.45, 7) is 5.54. The number of H-pyrrole nitrogens is 1. The number of nitrogens with zero attached hydrogens (tertiary/aromatic N) is 4. The summed E-state index contributed by atoms with van der Waals surface area (Å²) in [4.78, 5) is 26.8. The fourth-order valence-electron chi connectivity index (χ4n) is 3.32. The van der Waals surface area contributed by atoms with E-state index in [0.717, 1.165) is 0 Å². The van der Waals surface area contributed by atoms with Gasteiger partial charge in [0.1, 0.15) is 18.0 Å². The largest absolute Gasteiger partial charge is 0.489 e. The fourth-order valence-corrected chi connectivity index (χ4v) is 3.55. The Morgan fingerprint density at radius 3 is 2.70 bits per heavy atom. The first-order valence-corrected chi connectivity index (χ1v) is 9.79. The van der Waals surface area contributed by atoms with Gasteiger partial charge in [-0.15, -0.1) is 5.10 Å². The fraction of sp³-hybridized carbons (Fsp3) is 0.526. The predicted octanol–water partition coefficient (Wildman–Crippen LogP) is 2.84. The summed E-state index contributed by atoms with van der Waals surface area (Å²) in [7, 11) is 1.28. The van der Waals surface area contributed by atoms with Gasteiger partial charge in [0.05, 0.1) is 12.1 Å². The SMILES string of the molecule is COC(=O)C1(COc2ccc(-c3nnn[nH]3)cc2Cl)CCCN1C(=O)OC(C)(C)C. The van der Waals surface area contributed by atoms with Gasteiger partial charge in [0.25, 0.3) is 0 Å². The van der Waals surface area contributed by atoms with Gasteiger partial charge in [-0.1, -0.05) is 11.6 Å². The van der Waals surface area contributed by atoms with Crippen LogP contribution in [0.25, 0.3) is 11.4 Å². The zero-order chi connectivity index (χ0) is 21.9. The van der Waals surface area contributed by atoms with E-state index in [1.165, 1.54) is 12.0 Å². The van der Waals surface area contributed by atoms with Crippen LogP contribution >= 0.6 is 11.6 Å². The Kier molecular flexibility index (Phi) is 6.16. The lowest BCUT2D eigenvalue weighted by molar-refractivity contribution is -0.155. The molecule has 1 aromatic heterocycles. The molecule has 0 radical (unpaired) electrons. The molecule has 2 aromatic rings. The quantitative estimate of drug-likeness (QED) is 0.709. The summed E-state index contributed by atoms with van der Waals surface area (Å²) in [5.41, 5.74) is -1.32. The van der Waals surface area contributed by atoms with Crippen LogP contribution in [0.15, 0.2) is 18.2 Å². The highest BCUT2D eigenvalue weighted by Crippen LogP contribution is 2.35. The van der Waals surface area contributed by atoms with Crippen LogP contribution in [-0.2, 0) is 14.3 Å². The highest BCUT2D eigenvalue weighted by molar-refractivity contribution is 6.32. The summed E-state index contributed by atoms with van der Waals surface area (Å²) in [5.74, 6) is 0.250. The molecule has 3 rings (SSSR count). The Labute approximate surface area is 178 Å². The first-order chi connectivity index (χ1) is 14.2. The molecule has 1 N–H and O–H groups in total. The molecule has 1 saturated heterocycles. The van der Waals surface area contributed by atoms with E-state index in [1.54, 1.807) is 39.0 Å². The first kappa shape index (κ1) is 21.8. The lowest BCUT2D eigenvalue weighted by Crippen LogP contribution is -2.58. The summed E-state index contributed by atoms with van der Waals surface area (Å²) in [5, 5.41) is 13.9. The molecular formula is C19H24ClN5O5. The second kappa shape index (κ2) is 8.47. The third-order valence-electron chi connectivity index (χ3n) is 4.69. The molecule has 0 bridgehead atoms. The normalized spacial score (nSPS) is 18.9. The first-order valence-electron chi connectivity index (χ1n) is 9.42. The molecule has 30 heavy (non-hydrogen) atoms. The molecule has 162 valence electrons. The summed E-state index contributed by atoms with van der Waals surface area (Å²) in [6.07, 6.45) is 0.412. The molecular weight excluding hydrogens is 414 g/mol. The molecule has 0 saturated carbocycles. The van der Waals surface area contributed by atoms with Gasteiger partial charge in [0.2, 0.25) is 0 Å². The van der Waals surface area contributed by atoms with Crippen molar-refractivity contribution < 1.29 is 23.8 Å². The monoisotopic (exact) mass is 437 g/mol. The molecule has 1 aromatic carbocycles. The Hall–Kier alpha value is -2.88. The number of amides is 1. The third kappa shape index (κ3) is 4.48. The van der Waals surface area contributed by atoms with Gasteiger partial charge in [-0.3, -0.25) is 4.90 Å².